The molecule has 1 aromatic rings. The third-order valence-electron chi connectivity index (χ3n) is 4.59. The van der Waals surface area contributed by atoms with Crippen LogP contribution in [0.25, 0.3) is 0 Å². The number of nitrogens with two attached hydrogens (primary N) is 1. The molecule has 0 bridgehead atoms. The summed E-state index contributed by atoms with van der Waals surface area (Å²) in [5.74, 6) is 0.675. The highest BCUT2D eigenvalue weighted by atomic mass is 16.5. The summed E-state index contributed by atoms with van der Waals surface area (Å²) in [6.45, 7) is 3.45. The van der Waals surface area contributed by atoms with Crippen molar-refractivity contribution in [2.75, 3.05) is 19.7 Å². The van der Waals surface area contributed by atoms with E-state index in [4.69, 9.17) is 10.5 Å². The van der Waals surface area contributed by atoms with Crippen LogP contribution in [-0.2, 0) is 16.1 Å². The zero-order valence-corrected chi connectivity index (χ0v) is 12.9. The van der Waals surface area contributed by atoms with Gasteiger partial charge >= 0.3 is 0 Å². The van der Waals surface area contributed by atoms with E-state index >= 15 is 0 Å². The molecule has 1 atom stereocenters. The second-order valence-corrected chi connectivity index (χ2v) is 6.26. The van der Waals surface area contributed by atoms with E-state index in [9.17, 15) is 4.79 Å². The zero-order chi connectivity index (χ0) is 15.4. The van der Waals surface area contributed by atoms with Gasteiger partial charge in [-0.05, 0) is 45.2 Å². The summed E-state index contributed by atoms with van der Waals surface area (Å²) in [6, 6.07) is 0. The fourth-order valence-corrected chi connectivity index (χ4v) is 3.19. The van der Waals surface area contributed by atoms with Gasteiger partial charge in [-0.3, -0.25) is 9.69 Å². The minimum absolute atomic E-state index is 0.0401. The van der Waals surface area contributed by atoms with Crippen molar-refractivity contribution in [3.8, 4) is 0 Å². The molecule has 2 fully saturated rings. The van der Waals surface area contributed by atoms with Crippen LogP contribution in [0.15, 0.2) is 12.4 Å². The van der Waals surface area contributed by atoms with Crippen LogP contribution in [0.2, 0.25) is 0 Å². The molecule has 0 spiro atoms. The molecule has 0 saturated carbocycles. The fourth-order valence-electron chi connectivity index (χ4n) is 3.19. The molecule has 2 aliphatic heterocycles. The molecule has 2 aliphatic rings. The van der Waals surface area contributed by atoms with Gasteiger partial charge in [0.1, 0.15) is 6.10 Å². The van der Waals surface area contributed by atoms with Crippen molar-refractivity contribution in [2.45, 2.75) is 44.8 Å². The maximum Gasteiger partial charge on any atom is 0.220 e. The van der Waals surface area contributed by atoms with E-state index in [-0.39, 0.29) is 17.9 Å². The monoisotopic (exact) mass is 304 g/mol. The van der Waals surface area contributed by atoms with Crippen LogP contribution in [-0.4, -0.2) is 40.5 Å². The van der Waals surface area contributed by atoms with Gasteiger partial charge in [0.25, 0.3) is 0 Å². The van der Waals surface area contributed by atoms with Crippen LogP contribution >= 0.6 is 0 Å². The summed E-state index contributed by atoms with van der Waals surface area (Å²) < 4.78 is 5.71. The number of ether oxygens (including phenoxy) is 1. The Hall–Kier alpha value is -1.53. The van der Waals surface area contributed by atoms with Crippen molar-refractivity contribution in [3.63, 3.8) is 0 Å². The van der Waals surface area contributed by atoms with Crippen LogP contribution in [0, 0.1) is 5.92 Å². The number of amides is 1. The van der Waals surface area contributed by atoms with Gasteiger partial charge in [0.2, 0.25) is 5.91 Å². The van der Waals surface area contributed by atoms with E-state index < -0.39 is 0 Å². The predicted molar refractivity (Wildman–Crippen MR) is 81.8 cm³/mol. The van der Waals surface area contributed by atoms with Crippen LogP contribution in [0.1, 0.15) is 49.6 Å². The number of primary amides is 1. The van der Waals surface area contributed by atoms with Crippen molar-refractivity contribution >= 4 is 5.91 Å². The Labute approximate surface area is 131 Å². The fraction of sp³-hybridized carbons (Fsp3) is 0.688. The molecule has 6 heteroatoms. The standard InChI is InChI=1S/C16H24N4O2/c17-15(21)13-4-6-20(7-5-13)11-12-9-18-16(19-10-12)14-3-1-2-8-22-14/h9-10,13-14H,1-8,11H2,(H2,17,21)/t14-/m0/s1. The van der Waals surface area contributed by atoms with E-state index in [1.54, 1.807) is 0 Å². The lowest BCUT2D eigenvalue weighted by atomic mass is 9.96. The lowest BCUT2D eigenvalue weighted by Gasteiger charge is -2.30. The molecule has 0 aromatic carbocycles. The highest BCUT2D eigenvalue weighted by molar-refractivity contribution is 5.76. The minimum atomic E-state index is -0.167. The van der Waals surface area contributed by atoms with Crippen molar-refractivity contribution in [2.24, 2.45) is 11.7 Å². The van der Waals surface area contributed by atoms with Gasteiger partial charge in [-0.15, -0.1) is 0 Å². The average Bonchev–Trinajstić information content (AvgIpc) is 2.57. The first-order valence-corrected chi connectivity index (χ1v) is 8.16. The number of carbonyl (C=O) groups is 1. The Morgan fingerprint density at radius 3 is 2.55 bits per heavy atom. The van der Waals surface area contributed by atoms with E-state index in [0.29, 0.717) is 0 Å². The molecule has 2 saturated heterocycles. The molecule has 3 heterocycles. The quantitative estimate of drug-likeness (QED) is 0.909. The van der Waals surface area contributed by atoms with E-state index in [0.717, 1.165) is 63.3 Å². The number of piperidine rings is 1. The van der Waals surface area contributed by atoms with Crippen LogP contribution in [0.4, 0.5) is 0 Å². The lowest BCUT2D eigenvalue weighted by Crippen LogP contribution is -2.38. The maximum absolute atomic E-state index is 11.2. The number of hydrogen-bond acceptors (Lipinski definition) is 5. The second-order valence-electron chi connectivity index (χ2n) is 6.26. The number of nitrogens with zero attached hydrogens (tertiary/aromatic N) is 3. The van der Waals surface area contributed by atoms with Crippen molar-refractivity contribution in [1.29, 1.82) is 0 Å². The highest BCUT2D eigenvalue weighted by Gasteiger charge is 2.23. The molecule has 1 aromatic heterocycles. The summed E-state index contributed by atoms with van der Waals surface area (Å²) in [5, 5.41) is 0. The summed E-state index contributed by atoms with van der Waals surface area (Å²) in [7, 11) is 0. The van der Waals surface area contributed by atoms with Crippen LogP contribution in [0.5, 0.6) is 0 Å². The van der Waals surface area contributed by atoms with E-state index in [2.05, 4.69) is 14.9 Å². The maximum atomic E-state index is 11.2. The third-order valence-corrected chi connectivity index (χ3v) is 4.59. The summed E-state index contributed by atoms with van der Waals surface area (Å²) >= 11 is 0. The van der Waals surface area contributed by atoms with Crippen LogP contribution in [0.3, 0.4) is 0 Å². The first-order valence-electron chi connectivity index (χ1n) is 8.16. The number of aromatic nitrogens is 2. The summed E-state index contributed by atoms with van der Waals surface area (Å²) in [6.07, 6.45) is 8.91. The van der Waals surface area contributed by atoms with Crippen molar-refractivity contribution in [1.82, 2.24) is 14.9 Å². The highest BCUT2D eigenvalue weighted by Crippen LogP contribution is 2.25. The first-order chi connectivity index (χ1) is 10.7. The van der Waals surface area contributed by atoms with Gasteiger partial charge in [-0.25, -0.2) is 9.97 Å². The molecule has 1 amide bonds. The molecular formula is C16H24N4O2. The molecular weight excluding hydrogens is 280 g/mol. The van der Waals surface area contributed by atoms with Crippen LogP contribution < -0.4 is 5.73 Å². The summed E-state index contributed by atoms with van der Waals surface area (Å²) in [4.78, 5) is 22.5. The van der Waals surface area contributed by atoms with Gasteiger partial charge in [0.15, 0.2) is 5.82 Å². The van der Waals surface area contributed by atoms with Gasteiger partial charge < -0.3 is 10.5 Å². The normalized spacial score (nSPS) is 24.3. The average molecular weight is 304 g/mol. The van der Waals surface area contributed by atoms with Gasteiger partial charge in [-0.1, -0.05) is 0 Å². The van der Waals surface area contributed by atoms with Crippen molar-refractivity contribution < 1.29 is 9.53 Å². The Balaban J connectivity index is 1.52. The van der Waals surface area contributed by atoms with E-state index in [1.807, 2.05) is 12.4 Å². The molecule has 0 aliphatic carbocycles. The lowest BCUT2D eigenvalue weighted by molar-refractivity contribution is -0.123. The zero-order valence-electron chi connectivity index (χ0n) is 12.9. The Morgan fingerprint density at radius 2 is 1.95 bits per heavy atom. The van der Waals surface area contributed by atoms with Crippen molar-refractivity contribution in [3.05, 3.63) is 23.8 Å². The Kier molecular flexibility index (Phi) is 5.00. The molecule has 6 nitrogen and oxygen atoms in total. The molecule has 0 unspecified atom stereocenters. The molecule has 22 heavy (non-hydrogen) atoms. The Bertz CT molecular complexity index is 491. The number of rotatable bonds is 4. The Morgan fingerprint density at radius 1 is 1.23 bits per heavy atom. The largest absolute Gasteiger partial charge is 0.370 e. The van der Waals surface area contributed by atoms with Gasteiger partial charge in [-0.2, -0.15) is 0 Å². The molecule has 0 radical (unpaired) electrons. The van der Waals surface area contributed by atoms with Gasteiger partial charge in [0.05, 0.1) is 0 Å². The second kappa shape index (κ2) is 7.15. The number of hydrogen-bond donors (Lipinski definition) is 1. The minimum Gasteiger partial charge on any atom is -0.370 e. The SMILES string of the molecule is NC(=O)C1CCN(Cc2cnc([C@@H]3CCCCO3)nc2)CC1. The number of likely N-dealkylation sites (tertiary alicyclic amines) is 1. The molecule has 120 valence electrons. The topological polar surface area (TPSA) is 81.3 Å². The predicted octanol–water partition coefficient (Wildman–Crippen LogP) is 1.42. The summed E-state index contributed by atoms with van der Waals surface area (Å²) in [5.41, 5.74) is 6.47. The number of carbonyl (C=O) groups excluding carboxylic acids is 1. The first kappa shape index (κ1) is 15.4. The smallest absolute Gasteiger partial charge is 0.220 e. The molecule has 2 N–H and O–H groups in total. The van der Waals surface area contributed by atoms with Gasteiger partial charge in [0, 0.05) is 37.0 Å². The van der Waals surface area contributed by atoms with E-state index in [1.165, 1.54) is 6.42 Å². The third kappa shape index (κ3) is 3.81. The molecule has 3 rings (SSSR count).